The lowest BCUT2D eigenvalue weighted by atomic mass is 9.84. The Morgan fingerprint density at radius 1 is 1.06 bits per heavy atom. The van der Waals surface area contributed by atoms with Crippen molar-refractivity contribution in [1.82, 2.24) is 5.32 Å². The van der Waals surface area contributed by atoms with Crippen molar-refractivity contribution in [2.45, 2.75) is 38.6 Å². The molecule has 0 spiro atoms. The largest absolute Gasteiger partial charge is 0.452 e. The maximum absolute atomic E-state index is 12.6. The van der Waals surface area contributed by atoms with Crippen molar-refractivity contribution < 1.29 is 14.3 Å². The number of hydrogen-bond donors (Lipinski definition) is 1. The van der Waals surface area contributed by atoms with Crippen molar-refractivity contribution in [3.05, 3.63) is 54.1 Å². The zero-order chi connectivity index (χ0) is 23.4. The van der Waals surface area contributed by atoms with Crippen molar-refractivity contribution in [1.29, 1.82) is 0 Å². The van der Waals surface area contributed by atoms with E-state index in [0.717, 1.165) is 17.5 Å². The van der Waals surface area contributed by atoms with Gasteiger partial charge in [0.2, 0.25) is 0 Å². The molecule has 2 bridgehead atoms. The Morgan fingerprint density at radius 3 is 2.48 bits per heavy atom. The van der Waals surface area contributed by atoms with Gasteiger partial charge in [0, 0.05) is 25.8 Å². The van der Waals surface area contributed by atoms with Gasteiger partial charge in [0.05, 0.1) is 11.3 Å². The van der Waals surface area contributed by atoms with Crippen LogP contribution in [0.2, 0.25) is 0 Å². The zero-order valence-electron chi connectivity index (χ0n) is 19.5. The SMILES string of the molecule is C[C@@H](NC(=O)COC(=O)c1ccccc1N=Nc1ccc(N(C)C)cc1)[C@@H]1C[C@@H]2CC[C@@H]1C2. The van der Waals surface area contributed by atoms with E-state index in [1.54, 1.807) is 24.3 Å². The Bertz CT molecular complexity index is 1020. The number of nitrogens with one attached hydrogen (secondary N) is 1. The number of hydrogen-bond acceptors (Lipinski definition) is 6. The summed E-state index contributed by atoms with van der Waals surface area (Å²) in [6.07, 6.45) is 5.10. The molecule has 174 valence electrons. The monoisotopic (exact) mass is 448 g/mol. The van der Waals surface area contributed by atoms with E-state index >= 15 is 0 Å². The fraction of sp³-hybridized carbons (Fsp3) is 0.462. The van der Waals surface area contributed by atoms with Gasteiger partial charge in [-0.3, -0.25) is 4.79 Å². The lowest BCUT2D eigenvalue weighted by Gasteiger charge is -2.28. The minimum atomic E-state index is -0.588. The second kappa shape index (κ2) is 10.1. The maximum atomic E-state index is 12.6. The first-order valence-electron chi connectivity index (χ1n) is 11.7. The number of rotatable bonds is 8. The van der Waals surface area contributed by atoms with Crippen LogP contribution in [0.15, 0.2) is 58.8 Å². The molecule has 7 nitrogen and oxygen atoms in total. The molecule has 2 fully saturated rings. The number of benzene rings is 2. The average molecular weight is 449 g/mol. The van der Waals surface area contributed by atoms with Crippen molar-refractivity contribution in [2.24, 2.45) is 28.0 Å². The molecule has 2 aromatic rings. The van der Waals surface area contributed by atoms with Crippen molar-refractivity contribution in [3.63, 3.8) is 0 Å². The Labute approximate surface area is 195 Å². The number of fused-ring (bicyclic) bond motifs is 2. The molecule has 0 heterocycles. The number of esters is 1. The highest BCUT2D eigenvalue weighted by Gasteiger charge is 2.42. The first-order valence-corrected chi connectivity index (χ1v) is 11.7. The number of ether oxygens (including phenoxy) is 1. The number of carbonyl (C=O) groups excluding carboxylic acids is 2. The van der Waals surface area contributed by atoms with Gasteiger partial charge in [-0.05, 0) is 80.3 Å². The van der Waals surface area contributed by atoms with E-state index < -0.39 is 5.97 Å². The summed E-state index contributed by atoms with van der Waals surface area (Å²) in [5, 5.41) is 11.5. The van der Waals surface area contributed by atoms with Crippen molar-refractivity contribution in [2.75, 3.05) is 25.6 Å². The molecule has 0 radical (unpaired) electrons. The quantitative estimate of drug-likeness (QED) is 0.441. The minimum Gasteiger partial charge on any atom is -0.452 e. The molecule has 33 heavy (non-hydrogen) atoms. The van der Waals surface area contributed by atoms with Gasteiger partial charge >= 0.3 is 5.97 Å². The van der Waals surface area contributed by atoms with Gasteiger partial charge in [0.1, 0.15) is 5.69 Å². The summed E-state index contributed by atoms with van der Waals surface area (Å²) in [4.78, 5) is 27.0. The Hall–Kier alpha value is -3.22. The highest BCUT2D eigenvalue weighted by atomic mass is 16.5. The summed E-state index contributed by atoms with van der Waals surface area (Å²) in [6, 6.07) is 14.6. The fourth-order valence-electron chi connectivity index (χ4n) is 5.18. The molecule has 2 aromatic carbocycles. The second-order valence-electron chi connectivity index (χ2n) is 9.40. The third-order valence-electron chi connectivity index (χ3n) is 6.92. The van der Waals surface area contributed by atoms with Crippen LogP contribution < -0.4 is 10.2 Å². The van der Waals surface area contributed by atoms with Crippen LogP contribution in [0, 0.1) is 17.8 Å². The molecule has 2 saturated carbocycles. The Morgan fingerprint density at radius 2 is 1.82 bits per heavy atom. The standard InChI is InChI=1S/C26H32N4O3/c1-17(23-15-18-8-9-19(23)14-18)27-25(31)16-33-26(32)22-6-4-5-7-24(22)29-28-20-10-12-21(13-11-20)30(2)3/h4-7,10-13,17-19,23H,8-9,14-16H2,1-3H3,(H,27,31)/t17-,18-,19-,23+/m1/s1. The molecule has 1 amide bonds. The number of anilines is 1. The van der Waals surface area contributed by atoms with Gasteiger partial charge in [0.15, 0.2) is 6.61 Å². The lowest BCUT2D eigenvalue weighted by Crippen LogP contribution is -2.42. The number of carbonyl (C=O) groups is 2. The van der Waals surface area contributed by atoms with Gasteiger partial charge in [-0.1, -0.05) is 18.6 Å². The van der Waals surface area contributed by atoms with E-state index in [2.05, 4.69) is 22.5 Å². The number of amides is 1. The predicted octanol–water partition coefficient (Wildman–Crippen LogP) is 5.27. The van der Waals surface area contributed by atoms with Crippen LogP contribution in [-0.4, -0.2) is 38.6 Å². The van der Waals surface area contributed by atoms with E-state index in [4.69, 9.17) is 4.74 Å². The van der Waals surface area contributed by atoms with Crippen LogP contribution in [0.25, 0.3) is 0 Å². The van der Waals surface area contributed by atoms with E-state index in [1.807, 2.05) is 43.3 Å². The fourth-order valence-corrected chi connectivity index (χ4v) is 5.18. The van der Waals surface area contributed by atoms with Crippen LogP contribution >= 0.6 is 0 Å². The highest BCUT2D eigenvalue weighted by molar-refractivity contribution is 5.96. The van der Waals surface area contributed by atoms with Crippen LogP contribution in [0.3, 0.4) is 0 Å². The molecule has 0 aliphatic heterocycles. The summed E-state index contributed by atoms with van der Waals surface area (Å²) in [7, 11) is 3.94. The number of azo groups is 1. The molecule has 1 N–H and O–H groups in total. The van der Waals surface area contributed by atoms with Crippen LogP contribution in [0.5, 0.6) is 0 Å². The average Bonchev–Trinajstić information content (AvgIpc) is 3.45. The molecular weight excluding hydrogens is 416 g/mol. The molecule has 0 aromatic heterocycles. The highest BCUT2D eigenvalue weighted by Crippen LogP contribution is 2.49. The van der Waals surface area contributed by atoms with Gasteiger partial charge < -0.3 is 15.0 Å². The molecular formula is C26H32N4O3. The normalized spacial score (nSPS) is 22.3. The van der Waals surface area contributed by atoms with E-state index in [9.17, 15) is 9.59 Å². The molecule has 0 saturated heterocycles. The summed E-state index contributed by atoms with van der Waals surface area (Å²) in [5.41, 5.74) is 2.42. The first-order chi connectivity index (χ1) is 15.9. The maximum Gasteiger partial charge on any atom is 0.340 e. The Balaban J connectivity index is 1.32. The zero-order valence-corrected chi connectivity index (χ0v) is 19.5. The second-order valence-corrected chi connectivity index (χ2v) is 9.40. The van der Waals surface area contributed by atoms with Crippen LogP contribution in [0.4, 0.5) is 17.1 Å². The van der Waals surface area contributed by atoms with Gasteiger partial charge in [-0.15, -0.1) is 5.11 Å². The van der Waals surface area contributed by atoms with Gasteiger partial charge in [-0.25, -0.2) is 4.79 Å². The van der Waals surface area contributed by atoms with Gasteiger partial charge in [0.25, 0.3) is 5.91 Å². The van der Waals surface area contributed by atoms with E-state index in [0.29, 0.717) is 17.3 Å². The third kappa shape index (κ3) is 5.59. The minimum absolute atomic E-state index is 0.103. The lowest BCUT2D eigenvalue weighted by molar-refractivity contribution is -0.125. The molecule has 4 rings (SSSR count). The topological polar surface area (TPSA) is 83.4 Å². The summed E-state index contributed by atoms with van der Waals surface area (Å²) in [5.74, 6) is 1.24. The predicted molar refractivity (Wildman–Crippen MR) is 128 cm³/mol. The summed E-state index contributed by atoms with van der Waals surface area (Å²) in [6.45, 7) is 1.76. The molecule has 4 atom stereocenters. The van der Waals surface area contributed by atoms with Gasteiger partial charge in [-0.2, -0.15) is 5.11 Å². The molecule has 2 aliphatic carbocycles. The number of nitrogens with zero attached hydrogens (tertiary/aromatic N) is 3. The van der Waals surface area contributed by atoms with Crippen LogP contribution in [0.1, 0.15) is 43.0 Å². The van der Waals surface area contributed by atoms with Crippen molar-refractivity contribution in [3.8, 4) is 0 Å². The van der Waals surface area contributed by atoms with Crippen LogP contribution in [-0.2, 0) is 9.53 Å². The third-order valence-corrected chi connectivity index (χ3v) is 6.92. The molecule has 0 unspecified atom stereocenters. The Kier molecular flexibility index (Phi) is 7.06. The first kappa shape index (κ1) is 23.0. The van der Waals surface area contributed by atoms with E-state index in [1.165, 1.54) is 25.7 Å². The smallest absolute Gasteiger partial charge is 0.340 e. The van der Waals surface area contributed by atoms with E-state index in [-0.39, 0.29) is 24.1 Å². The van der Waals surface area contributed by atoms with Crippen molar-refractivity contribution >= 4 is 28.9 Å². The summed E-state index contributed by atoms with van der Waals surface area (Å²) < 4.78 is 5.29. The summed E-state index contributed by atoms with van der Waals surface area (Å²) >= 11 is 0. The molecule has 7 heteroatoms. The molecule has 2 aliphatic rings.